The van der Waals surface area contributed by atoms with E-state index < -0.39 is 6.18 Å². The summed E-state index contributed by atoms with van der Waals surface area (Å²) in [7, 11) is 3.55. The van der Waals surface area contributed by atoms with Crippen molar-refractivity contribution < 1.29 is 18.0 Å². The average Bonchev–Trinajstić information content (AvgIpc) is 2.63. The van der Waals surface area contributed by atoms with Crippen LogP contribution < -0.4 is 5.32 Å². The largest absolute Gasteiger partial charge is 0.386 e. The van der Waals surface area contributed by atoms with Crippen molar-refractivity contribution in [3.63, 3.8) is 0 Å². The summed E-state index contributed by atoms with van der Waals surface area (Å²) in [6.45, 7) is 26.4. The summed E-state index contributed by atoms with van der Waals surface area (Å²) < 4.78 is 31.1. The van der Waals surface area contributed by atoms with Crippen LogP contribution in [0.4, 0.5) is 13.2 Å². The molecule has 6 heteroatoms. The van der Waals surface area contributed by atoms with Crippen molar-refractivity contribution in [2.45, 2.75) is 94.8 Å². The first-order valence-corrected chi connectivity index (χ1v) is 10.1. The van der Waals surface area contributed by atoms with Gasteiger partial charge in [-0.25, -0.2) is 0 Å². The quantitative estimate of drug-likeness (QED) is 0.355. The van der Waals surface area contributed by atoms with Crippen molar-refractivity contribution in [3.05, 3.63) is 37.0 Å². The lowest BCUT2D eigenvalue weighted by molar-refractivity contribution is -0.118. The molecule has 0 unspecified atom stereocenters. The maximum Gasteiger partial charge on any atom is 0.386 e. The van der Waals surface area contributed by atoms with Gasteiger partial charge in [-0.15, -0.1) is 13.2 Å². The average molecular weight is 441 g/mol. The van der Waals surface area contributed by atoms with Crippen LogP contribution in [0, 0.1) is 0 Å². The van der Waals surface area contributed by atoms with Crippen LogP contribution >= 0.6 is 0 Å². The predicted molar refractivity (Wildman–Crippen MR) is 134 cm³/mol. The SMILES string of the molecule is C/C=C\C.C=C(C)C.C=CC.CC.CC(F)(F)F.CCC=NC.CN[C@@H](C)C(C)=O. The topological polar surface area (TPSA) is 41.5 Å². The first-order chi connectivity index (χ1) is 13.7. The van der Waals surface area contributed by atoms with Crippen LogP contribution in [0.1, 0.15) is 82.6 Å². The van der Waals surface area contributed by atoms with Crippen LogP contribution in [0.3, 0.4) is 0 Å². The number of rotatable bonds is 3. The molecule has 0 rings (SSSR count). The molecule has 0 aromatic heterocycles. The molecule has 0 aliphatic rings. The van der Waals surface area contributed by atoms with Crippen LogP contribution in [0.25, 0.3) is 0 Å². The zero-order chi connectivity index (χ0) is 26.2. The lowest BCUT2D eigenvalue weighted by Gasteiger charge is -2.01. The van der Waals surface area contributed by atoms with Gasteiger partial charge >= 0.3 is 6.18 Å². The van der Waals surface area contributed by atoms with Gasteiger partial charge in [0.25, 0.3) is 0 Å². The van der Waals surface area contributed by atoms with Crippen molar-refractivity contribution in [2.75, 3.05) is 14.1 Å². The molecule has 184 valence electrons. The van der Waals surface area contributed by atoms with E-state index in [-0.39, 0.29) is 18.7 Å². The molecule has 1 N–H and O–H groups in total. The van der Waals surface area contributed by atoms with Gasteiger partial charge < -0.3 is 10.3 Å². The minimum Gasteiger partial charge on any atom is -0.311 e. The molecule has 0 bridgehead atoms. The number of nitrogens with one attached hydrogen (secondary N) is 1. The lowest BCUT2D eigenvalue weighted by atomic mass is 10.2. The second kappa shape index (κ2) is 45.8. The minimum atomic E-state index is -4.00. The number of ketones is 1. The van der Waals surface area contributed by atoms with E-state index in [1.807, 2.05) is 73.8 Å². The van der Waals surface area contributed by atoms with Gasteiger partial charge in [0.2, 0.25) is 0 Å². The van der Waals surface area contributed by atoms with Gasteiger partial charge in [-0.2, -0.15) is 13.2 Å². The maximum atomic E-state index is 10.4. The van der Waals surface area contributed by atoms with Gasteiger partial charge in [0.05, 0.1) is 6.04 Å². The molecule has 0 fully saturated rings. The van der Waals surface area contributed by atoms with E-state index in [1.54, 1.807) is 27.1 Å². The summed E-state index contributed by atoms with van der Waals surface area (Å²) in [5.74, 6) is 0.183. The fourth-order valence-corrected chi connectivity index (χ4v) is 0.386. The van der Waals surface area contributed by atoms with E-state index in [1.165, 1.54) is 5.57 Å². The summed E-state index contributed by atoms with van der Waals surface area (Å²) in [6.07, 6.45) is 4.68. The van der Waals surface area contributed by atoms with E-state index in [4.69, 9.17) is 0 Å². The fourth-order valence-electron chi connectivity index (χ4n) is 0.386. The number of alkyl halides is 3. The minimum absolute atomic E-state index is 0.0139. The number of Topliss-reactive ketones (excluding diaryl/α,β-unsaturated/α-hetero) is 1. The molecular weight excluding hydrogens is 389 g/mol. The molecule has 0 saturated carbocycles. The summed E-state index contributed by atoms with van der Waals surface area (Å²) in [5, 5.41) is 2.81. The molecule has 30 heavy (non-hydrogen) atoms. The third-order valence-corrected chi connectivity index (χ3v) is 1.74. The standard InChI is InChI=1S/C5H11NO.C4H9N.2C4H8.C3H6.C2H3F3.C2H6/c1-4(6-3)5(2)7;1-3-4-5-2;1-4(2)3;1-3-4-2;1-3-2;1-2(3,4)5;1-2/h4,6H,1-3H3;4H,3H2,1-2H3;1H2,2-3H3;3-4H,1-2H3;3H,1H2,2H3;1H3;1-2H3/b;;;4-3-;;;/t4-;;;;;;/m0....../s1. The Morgan fingerprint density at radius 3 is 1.33 bits per heavy atom. The number of allylic oxidation sites excluding steroid dienone is 4. The Bertz CT molecular complexity index is 361. The Hall–Kier alpha value is -1.69. The third kappa shape index (κ3) is 315. The van der Waals surface area contributed by atoms with Crippen molar-refractivity contribution in [1.82, 2.24) is 5.32 Å². The van der Waals surface area contributed by atoms with Crippen LogP contribution in [-0.2, 0) is 4.79 Å². The molecule has 0 aliphatic heterocycles. The van der Waals surface area contributed by atoms with Crippen LogP contribution in [0.5, 0.6) is 0 Å². The second-order valence-electron chi connectivity index (χ2n) is 5.53. The predicted octanol–water partition coefficient (Wildman–Crippen LogP) is 8.23. The smallest absolute Gasteiger partial charge is 0.311 e. The van der Waals surface area contributed by atoms with Crippen LogP contribution in [-0.4, -0.2) is 38.3 Å². The number of hydrogen-bond donors (Lipinski definition) is 1. The molecule has 0 aromatic carbocycles. The maximum absolute atomic E-state index is 10.4. The highest BCUT2D eigenvalue weighted by Gasteiger charge is 2.15. The number of likely N-dealkylation sites (N-methyl/N-ethyl adjacent to an activating group) is 1. The highest BCUT2D eigenvalue weighted by molar-refractivity contribution is 5.80. The van der Waals surface area contributed by atoms with Crippen LogP contribution in [0.15, 0.2) is 42.0 Å². The molecule has 0 aromatic rings. The first kappa shape index (κ1) is 46.5. The third-order valence-electron chi connectivity index (χ3n) is 1.74. The Kier molecular flexibility index (Phi) is 71.0. The first-order valence-electron chi connectivity index (χ1n) is 10.1. The van der Waals surface area contributed by atoms with Crippen molar-refractivity contribution in [1.29, 1.82) is 0 Å². The molecular formula is C24H51F3N2O. The highest BCUT2D eigenvalue weighted by Crippen LogP contribution is 2.10. The number of halogens is 3. The van der Waals surface area contributed by atoms with Gasteiger partial charge in [-0.05, 0) is 68.1 Å². The van der Waals surface area contributed by atoms with Gasteiger partial charge in [0.15, 0.2) is 0 Å². The summed E-state index contributed by atoms with van der Waals surface area (Å²) in [6, 6.07) is 0.0139. The number of hydrogen-bond acceptors (Lipinski definition) is 3. The van der Waals surface area contributed by atoms with E-state index in [9.17, 15) is 18.0 Å². The van der Waals surface area contributed by atoms with Crippen molar-refractivity contribution in [2.24, 2.45) is 4.99 Å². The molecule has 3 nitrogen and oxygen atoms in total. The second-order valence-corrected chi connectivity index (χ2v) is 5.53. The van der Waals surface area contributed by atoms with Gasteiger partial charge in [0.1, 0.15) is 5.78 Å². The number of nitrogens with zero attached hydrogens (tertiary/aromatic N) is 1. The number of carbonyl (C=O) groups is 1. The number of aliphatic imine (C=N–C) groups is 1. The summed E-state index contributed by atoms with van der Waals surface area (Å²) >= 11 is 0. The molecule has 0 heterocycles. The zero-order valence-electron chi connectivity index (χ0n) is 22.0. The Morgan fingerprint density at radius 1 is 1.10 bits per heavy atom. The molecule has 0 saturated heterocycles. The van der Waals surface area contributed by atoms with Gasteiger partial charge in [-0.1, -0.05) is 44.6 Å². The van der Waals surface area contributed by atoms with Gasteiger partial charge in [0, 0.05) is 14.0 Å². The Balaban J connectivity index is -0.0000000424. The summed E-state index contributed by atoms with van der Waals surface area (Å²) in [5.41, 5.74) is 1.17. The molecule has 1 atom stereocenters. The van der Waals surface area contributed by atoms with E-state index in [2.05, 4.69) is 30.4 Å². The highest BCUT2D eigenvalue weighted by atomic mass is 19.4. The van der Waals surface area contributed by atoms with E-state index in [0.717, 1.165) is 6.42 Å². The van der Waals surface area contributed by atoms with Crippen molar-refractivity contribution >= 4 is 12.0 Å². The normalized spacial score (nSPS) is 9.60. The van der Waals surface area contributed by atoms with Gasteiger partial charge in [-0.3, -0.25) is 4.79 Å². The van der Waals surface area contributed by atoms with Crippen molar-refractivity contribution in [3.8, 4) is 0 Å². The molecule has 0 amide bonds. The lowest BCUT2D eigenvalue weighted by Crippen LogP contribution is -2.28. The van der Waals surface area contributed by atoms with E-state index >= 15 is 0 Å². The number of carbonyl (C=O) groups excluding carboxylic acids is 1. The Labute approximate surface area is 186 Å². The van der Waals surface area contributed by atoms with E-state index in [0.29, 0.717) is 0 Å². The fraction of sp³-hybridized carbons (Fsp3) is 0.667. The summed E-state index contributed by atoms with van der Waals surface area (Å²) in [4.78, 5) is 14.0. The molecule has 0 spiro atoms. The zero-order valence-corrected chi connectivity index (χ0v) is 22.0. The Morgan fingerprint density at radius 2 is 1.33 bits per heavy atom. The molecule has 0 aliphatic carbocycles. The molecule has 0 radical (unpaired) electrons. The van der Waals surface area contributed by atoms with Crippen LogP contribution in [0.2, 0.25) is 0 Å². The monoisotopic (exact) mass is 440 g/mol.